The summed E-state index contributed by atoms with van der Waals surface area (Å²) < 4.78 is 6.89. The van der Waals surface area contributed by atoms with Crippen LogP contribution in [-0.2, 0) is 13.6 Å². The highest BCUT2D eigenvalue weighted by molar-refractivity contribution is 5.93. The van der Waals surface area contributed by atoms with Gasteiger partial charge in [-0.2, -0.15) is 5.10 Å². The topological polar surface area (TPSA) is 73.0 Å². The third-order valence-electron chi connectivity index (χ3n) is 3.01. The van der Waals surface area contributed by atoms with Crippen LogP contribution in [0.25, 0.3) is 11.3 Å². The van der Waals surface area contributed by atoms with E-state index in [0.29, 0.717) is 12.3 Å². The number of carbonyl (C=O) groups excluding carboxylic acids is 1. The number of hydrogen-bond donors (Lipinski definition) is 1. The summed E-state index contributed by atoms with van der Waals surface area (Å²) in [6, 6.07) is 11.2. The maximum atomic E-state index is 12.0. The molecule has 6 nitrogen and oxygen atoms in total. The fourth-order valence-corrected chi connectivity index (χ4v) is 1.96. The third kappa shape index (κ3) is 3.00. The van der Waals surface area contributed by atoms with Crippen molar-refractivity contribution in [1.29, 1.82) is 0 Å². The lowest BCUT2D eigenvalue weighted by molar-refractivity contribution is 0.0942. The monoisotopic (exact) mass is 282 g/mol. The van der Waals surface area contributed by atoms with Gasteiger partial charge in [-0.25, -0.2) is 0 Å². The number of carbonyl (C=O) groups is 1. The third-order valence-corrected chi connectivity index (χ3v) is 3.01. The molecule has 1 aromatic carbocycles. The van der Waals surface area contributed by atoms with Crippen molar-refractivity contribution in [2.75, 3.05) is 0 Å². The summed E-state index contributed by atoms with van der Waals surface area (Å²) in [6.07, 6.45) is 3.55. The molecule has 106 valence electrons. The van der Waals surface area contributed by atoms with E-state index >= 15 is 0 Å². The van der Waals surface area contributed by atoms with Crippen LogP contribution < -0.4 is 5.32 Å². The lowest BCUT2D eigenvalue weighted by Crippen LogP contribution is -2.22. The smallest absolute Gasteiger partial charge is 0.273 e. The van der Waals surface area contributed by atoms with Crippen molar-refractivity contribution in [3.63, 3.8) is 0 Å². The summed E-state index contributed by atoms with van der Waals surface area (Å²) in [5.74, 6) is 0.298. The van der Waals surface area contributed by atoms with Crippen LogP contribution in [0.2, 0.25) is 0 Å². The van der Waals surface area contributed by atoms with Gasteiger partial charge in [-0.1, -0.05) is 35.5 Å². The van der Waals surface area contributed by atoms with E-state index < -0.39 is 0 Å². The van der Waals surface area contributed by atoms with Crippen molar-refractivity contribution < 1.29 is 9.32 Å². The van der Waals surface area contributed by atoms with E-state index in [-0.39, 0.29) is 11.6 Å². The van der Waals surface area contributed by atoms with Crippen molar-refractivity contribution in [2.24, 2.45) is 7.05 Å². The minimum absolute atomic E-state index is 0.262. The van der Waals surface area contributed by atoms with Gasteiger partial charge in [-0.3, -0.25) is 9.48 Å². The Hall–Kier alpha value is -2.89. The van der Waals surface area contributed by atoms with Gasteiger partial charge >= 0.3 is 0 Å². The van der Waals surface area contributed by atoms with Crippen molar-refractivity contribution >= 4 is 5.91 Å². The first-order valence-electron chi connectivity index (χ1n) is 6.50. The molecule has 0 aliphatic heterocycles. The van der Waals surface area contributed by atoms with Crippen LogP contribution in [0.15, 0.2) is 53.3 Å². The number of nitrogens with zero attached hydrogens (tertiary/aromatic N) is 3. The molecule has 6 heteroatoms. The Balaban J connectivity index is 1.67. The van der Waals surface area contributed by atoms with Gasteiger partial charge in [0.1, 0.15) is 0 Å². The summed E-state index contributed by atoms with van der Waals surface area (Å²) in [7, 11) is 1.83. The van der Waals surface area contributed by atoms with Crippen LogP contribution in [0.5, 0.6) is 0 Å². The molecule has 1 amide bonds. The molecule has 2 heterocycles. The molecule has 21 heavy (non-hydrogen) atoms. The van der Waals surface area contributed by atoms with E-state index in [4.69, 9.17) is 4.52 Å². The SMILES string of the molecule is Cn1cc(CNC(=O)c2cc(-c3ccccc3)on2)cn1. The zero-order chi connectivity index (χ0) is 14.7. The summed E-state index contributed by atoms with van der Waals surface area (Å²) in [4.78, 5) is 12.0. The molecule has 3 aromatic rings. The first-order chi connectivity index (χ1) is 10.2. The first kappa shape index (κ1) is 13.1. The predicted molar refractivity (Wildman–Crippen MR) is 76.3 cm³/mol. The molecule has 0 unspecified atom stereocenters. The van der Waals surface area contributed by atoms with Crippen LogP contribution in [0.3, 0.4) is 0 Å². The quantitative estimate of drug-likeness (QED) is 0.794. The van der Waals surface area contributed by atoms with Gasteiger partial charge in [0, 0.05) is 37.0 Å². The van der Waals surface area contributed by atoms with E-state index in [1.807, 2.05) is 43.6 Å². The summed E-state index contributed by atoms with van der Waals surface area (Å²) in [5, 5.41) is 10.6. The van der Waals surface area contributed by atoms with Gasteiger partial charge in [0.2, 0.25) is 0 Å². The zero-order valence-electron chi connectivity index (χ0n) is 11.5. The fraction of sp³-hybridized carbons (Fsp3) is 0.133. The van der Waals surface area contributed by atoms with E-state index in [0.717, 1.165) is 11.1 Å². The highest BCUT2D eigenvalue weighted by Gasteiger charge is 2.13. The maximum Gasteiger partial charge on any atom is 0.273 e. The molecule has 3 rings (SSSR count). The molecule has 1 N–H and O–H groups in total. The van der Waals surface area contributed by atoms with Gasteiger partial charge in [0.15, 0.2) is 11.5 Å². The summed E-state index contributed by atoms with van der Waals surface area (Å²) >= 11 is 0. The summed E-state index contributed by atoms with van der Waals surface area (Å²) in [6.45, 7) is 0.403. The molecule has 2 aromatic heterocycles. The van der Waals surface area contributed by atoms with E-state index in [1.165, 1.54) is 0 Å². The number of benzene rings is 1. The van der Waals surface area contributed by atoms with Gasteiger partial charge in [-0.15, -0.1) is 0 Å². The number of aryl methyl sites for hydroxylation is 1. The second-order valence-electron chi connectivity index (χ2n) is 4.65. The van der Waals surface area contributed by atoms with Crippen molar-refractivity contribution in [3.8, 4) is 11.3 Å². The van der Waals surface area contributed by atoms with E-state index in [1.54, 1.807) is 16.9 Å². The van der Waals surface area contributed by atoms with Gasteiger partial charge < -0.3 is 9.84 Å². The van der Waals surface area contributed by atoms with Crippen molar-refractivity contribution in [3.05, 3.63) is 60.0 Å². The average Bonchev–Trinajstić information content (AvgIpc) is 3.15. The molecule has 0 fully saturated rings. The van der Waals surface area contributed by atoms with Crippen LogP contribution in [0, 0.1) is 0 Å². The largest absolute Gasteiger partial charge is 0.355 e. The Labute approximate surface area is 121 Å². The average molecular weight is 282 g/mol. The number of amides is 1. The second-order valence-corrected chi connectivity index (χ2v) is 4.65. The van der Waals surface area contributed by atoms with Crippen molar-refractivity contribution in [1.82, 2.24) is 20.3 Å². The van der Waals surface area contributed by atoms with Crippen LogP contribution in [-0.4, -0.2) is 20.8 Å². The lowest BCUT2D eigenvalue weighted by Gasteiger charge is -1.99. The number of nitrogens with one attached hydrogen (secondary N) is 1. The predicted octanol–water partition coefficient (Wildman–Crippen LogP) is 2.01. The second kappa shape index (κ2) is 5.62. The Morgan fingerprint density at radius 3 is 2.86 bits per heavy atom. The van der Waals surface area contributed by atoms with Gasteiger partial charge in [0.05, 0.1) is 6.20 Å². The molecule has 0 spiro atoms. The maximum absolute atomic E-state index is 12.0. The van der Waals surface area contributed by atoms with E-state index in [2.05, 4.69) is 15.6 Å². The minimum Gasteiger partial charge on any atom is -0.355 e. The molecular weight excluding hydrogens is 268 g/mol. The normalized spacial score (nSPS) is 10.5. The molecular formula is C15H14N4O2. The van der Waals surface area contributed by atoms with E-state index in [9.17, 15) is 4.79 Å². The number of rotatable bonds is 4. The molecule has 0 saturated heterocycles. The highest BCUT2D eigenvalue weighted by atomic mass is 16.5. The number of aromatic nitrogens is 3. The molecule has 0 radical (unpaired) electrons. The van der Waals surface area contributed by atoms with Crippen LogP contribution in [0.1, 0.15) is 16.1 Å². The highest BCUT2D eigenvalue weighted by Crippen LogP contribution is 2.19. The Morgan fingerprint density at radius 1 is 1.33 bits per heavy atom. The first-order valence-corrected chi connectivity index (χ1v) is 6.50. The van der Waals surface area contributed by atoms with Crippen molar-refractivity contribution in [2.45, 2.75) is 6.54 Å². The number of hydrogen-bond acceptors (Lipinski definition) is 4. The summed E-state index contributed by atoms with van der Waals surface area (Å²) in [5.41, 5.74) is 2.08. The zero-order valence-corrected chi connectivity index (χ0v) is 11.5. The van der Waals surface area contributed by atoms with Gasteiger partial charge in [0.25, 0.3) is 5.91 Å². The lowest BCUT2D eigenvalue weighted by atomic mass is 10.1. The van der Waals surface area contributed by atoms with Crippen LogP contribution >= 0.6 is 0 Å². The fourth-order valence-electron chi connectivity index (χ4n) is 1.96. The molecule has 0 atom stereocenters. The molecule has 0 saturated carbocycles. The Bertz CT molecular complexity index is 746. The van der Waals surface area contributed by atoms with Gasteiger partial charge in [-0.05, 0) is 0 Å². The Kier molecular flexibility index (Phi) is 3.51. The standard InChI is InChI=1S/C15H14N4O2/c1-19-10-11(9-17-19)8-16-15(20)13-7-14(21-18-13)12-5-3-2-4-6-12/h2-7,9-10H,8H2,1H3,(H,16,20). The molecule has 0 aliphatic carbocycles. The Morgan fingerprint density at radius 2 is 2.14 bits per heavy atom. The minimum atomic E-state index is -0.273. The molecule has 0 bridgehead atoms. The van der Waals surface area contributed by atoms with Crippen LogP contribution in [0.4, 0.5) is 0 Å². The molecule has 0 aliphatic rings.